The summed E-state index contributed by atoms with van der Waals surface area (Å²) < 4.78 is 70.6. The van der Waals surface area contributed by atoms with Crippen molar-refractivity contribution in [1.82, 2.24) is 0 Å². The molecule has 7 aromatic carbocycles. The van der Waals surface area contributed by atoms with E-state index in [1.54, 1.807) is 0 Å². The summed E-state index contributed by atoms with van der Waals surface area (Å²) in [5.74, 6) is 0. The van der Waals surface area contributed by atoms with E-state index >= 15 is 0 Å². The normalized spacial score (nSPS) is 10.9. The van der Waals surface area contributed by atoms with Crippen LogP contribution in [0.25, 0.3) is 32.7 Å². The van der Waals surface area contributed by atoms with E-state index < -0.39 is 23.5 Å². The second-order valence-electron chi connectivity index (χ2n) is 10.2. The molecule has 7 aromatic rings. The molecule has 0 heterocycles. The van der Waals surface area contributed by atoms with Crippen LogP contribution in [-0.4, -0.2) is 0 Å². The summed E-state index contributed by atoms with van der Waals surface area (Å²) >= 11 is 0. The molecule has 0 saturated heterocycles. The zero-order chi connectivity index (χ0) is 32.6. The Morgan fingerprint density at radius 1 is 0.551 bits per heavy atom. The Morgan fingerprint density at radius 2 is 1.06 bits per heavy atom. The predicted octanol–water partition coefficient (Wildman–Crippen LogP) is 12.6. The topological polar surface area (TPSA) is 0 Å². The number of rotatable bonds is 0. The summed E-state index contributed by atoms with van der Waals surface area (Å²) in [5.41, 5.74) is 4.36. The van der Waals surface area contributed by atoms with Crippen LogP contribution in [0.15, 0.2) is 146 Å². The van der Waals surface area contributed by atoms with Crippen LogP contribution < -0.4 is 0 Å². The third-order valence-corrected chi connectivity index (χ3v) is 7.22. The Morgan fingerprint density at radius 3 is 1.55 bits per heavy atom. The van der Waals surface area contributed by atoms with Crippen LogP contribution in [0.3, 0.4) is 0 Å². The summed E-state index contributed by atoms with van der Waals surface area (Å²) in [5, 5.41) is 5.30. The van der Waals surface area contributed by atoms with Gasteiger partial charge in [0.05, 0.1) is 0 Å². The van der Waals surface area contributed by atoms with E-state index in [9.17, 15) is 26.3 Å². The van der Waals surface area contributed by atoms with Crippen LogP contribution in [0.1, 0.15) is 22.3 Å². The molecule has 8 rings (SSSR count). The minimum absolute atomic E-state index is 0. The molecule has 0 unspecified atom stereocenters. The van der Waals surface area contributed by atoms with E-state index in [0.717, 1.165) is 30.7 Å². The molecule has 0 amide bonds. The first-order valence-corrected chi connectivity index (χ1v) is 14.3. The number of benzene rings is 6. The maximum absolute atomic E-state index is 11.8. The number of halogens is 8. The molecule has 0 saturated carbocycles. The van der Waals surface area contributed by atoms with Crippen LogP contribution >= 0.6 is 24.8 Å². The first-order chi connectivity index (χ1) is 22.1. The summed E-state index contributed by atoms with van der Waals surface area (Å²) in [4.78, 5) is 0. The minimum Gasteiger partial charge on any atom is -0.214 e. The molecule has 1 aliphatic rings. The second kappa shape index (κ2) is 18.8. The number of hydrogen-bond acceptors (Lipinski definition) is 0. The smallest absolute Gasteiger partial charge is 0.214 e. The van der Waals surface area contributed by atoms with E-state index in [4.69, 9.17) is 0 Å². The molecule has 0 atom stereocenters. The first kappa shape index (κ1) is 41.4. The molecule has 0 N–H and O–H groups in total. The molecule has 0 aromatic heterocycles. The fraction of sp³-hybridized carbons (Fsp3) is 0.0750. The van der Waals surface area contributed by atoms with Crippen LogP contribution in [0, 0.1) is 18.2 Å². The van der Waals surface area contributed by atoms with Gasteiger partial charge in [0.15, 0.2) is 0 Å². The van der Waals surface area contributed by atoms with Gasteiger partial charge in [0.25, 0.3) is 0 Å². The van der Waals surface area contributed by atoms with Gasteiger partial charge in [0.1, 0.15) is 0 Å². The van der Waals surface area contributed by atoms with Crippen molar-refractivity contribution >= 4 is 46.4 Å². The van der Waals surface area contributed by atoms with Crippen molar-refractivity contribution in [3.8, 4) is 11.1 Å². The van der Waals surface area contributed by atoms with Crippen LogP contribution in [0.5, 0.6) is 0 Å². The third-order valence-electron chi connectivity index (χ3n) is 7.22. The van der Waals surface area contributed by atoms with E-state index in [1.807, 2.05) is 36.4 Å². The number of hydrogen-bond donors (Lipinski definition) is 0. The van der Waals surface area contributed by atoms with Gasteiger partial charge in [-0.15, -0.1) is 65.4 Å². The van der Waals surface area contributed by atoms with E-state index in [2.05, 4.69) is 78.9 Å². The molecule has 0 fully saturated rings. The van der Waals surface area contributed by atoms with Crippen LogP contribution in [0.2, 0.25) is 0 Å². The van der Waals surface area contributed by atoms with Crippen molar-refractivity contribution in [2.24, 2.45) is 0 Å². The van der Waals surface area contributed by atoms with Crippen molar-refractivity contribution in [2.45, 2.75) is 18.8 Å². The van der Waals surface area contributed by atoms with Crippen molar-refractivity contribution in [3.63, 3.8) is 0 Å². The van der Waals surface area contributed by atoms with Gasteiger partial charge >= 0.3 is 38.6 Å². The molecule has 0 nitrogen and oxygen atoms in total. The van der Waals surface area contributed by atoms with Crippen molar-refractivity contribution in [3.05, 3.63) is 186 Å². The van der Waals surface area contributed by atoms with Gasteiger partial charge in [-0.1, -0.05) is 65.0 Å². The fourth-order valence-electron chi connectivity index (χ4n) is 5.19. The summed E-state index contributed by atoms with van der Waals surface area (Å²) in [6.07, 6.45) is -7.46. The van der Waals surface area contributed by atoms with Crippen LogP contribution in [-0.2, 0) is 45.0 Å². The van der Waals surface area contributed by atoms with E-state index in [0.29, 0.717) is 0 Å². The van der Waals surface area contributed by atoms with Gasteiger partial charge in [-0.2, -0.15) is 105 Å². The Balaban J connectivity index is 0.000000253. The molecule has 1 aliphatic carbocycles. The van der Waals surface area contributed by atoms with Gasteiger partial charge in [0, 0.05) is 0 Å². The Kier molecular flexibility index (Phi) is 15.9. The molecule has 0 bridgehead atoms. The Hall–Kier alpha value is -3.77. The quantitative estimate of drug-likeness (QED) is 0.0816. The monoisotopic (exact) mass is 782 g/mol. The number of alkyl halides is 6. The summed E-state index contributed by atoms with van der Waals surface area (Å²) in [7, 11) is 0. The average Bonchev–Trinajstić information content (AvgIpc) is 3.79. The van der Waals surface area contributed by atoms with Crippen molar-refractivity contribution in [1.29, 1.82) is 0 Å². The molecule has 0 radical (unpaired) electrons. The average molecular weight is 785 g/mol. The molecular weight excluding hydrogens is 757 g/mol. The van der Waals surface area contributed by atoms with Gasteiger partial charge in [-0.3, -0.25) is 0 Å². The predicted molar refractivity (Wildman–Crippen MR) is 186 cm³/mol. The van der Waals surface area contributed by atoms with E-state index in [1.165, 1.54) is 68.1 Å². The first-order valence-electron chi connectivity index (χ1n) is 14.3. The maximum atomic E-state index is 11.8. The molecule has 0 aliphatic heterocycles. The van der Waals surface area contributed by atoms with Gasteiger partial charge in [-0.25, -0.2) is 12.1 Å². The third kappa shape index (κ3) is 10.6. The zero-order valence-corrected chi connectivity index (χ0v) is 29.7. The maximum Gasteiger partial charge on any atom is 4.00 e. The Labute approximate surface area is 313 Å². The van der Waals surface area contributed by atoms with Crippen molar-refractivity contribution in [2.75, 3.05) is 0 Å². The zero-order valence-electron chi connectivity index (χ0n) is 25.6. The summed E-state index contributed by atoms with van der Waals surface area (Å²) in [6.45, 7) is 0. The van der Waals surface area contributed by atoms with Crippen LogP contribution in [0.4, 0.5) is 26.3 Å². The minimum atomic E-state index is -4.24. The largest absolute Gasteiger partial charge is 4.00 e. The molecule has 9 heteroatoms. The Bertz CT molecular complexity index is 1920. The van der Waals surface area contributed by atoms with Crippen molar-refractivity contribution < 1.29 is 52.5 Å². The SMILES string of the molecule is Cl.Cl.FC(F)(F)c1c[c-]ccc1.FC(F)(F)c1c[c-]ccc1.[Zr+4].[c-]1cccc2c1c1c(c3ccccc32)-c2ccccc2C1.c1cc[cH-]c1. The van der Waals surface area contributed by atoms with Gasteiger partial charge in [0.2, 0.25) is 0 Å². The molecule has 248 valence electrons. The van der Waals surface area contributed by atoms with Gasteiger partial charge < -0.3 is 0 Å². The molecular formula is C40H28Cl2F6Zr. The standard InChI is InChI=1S/C21H13.2C7H4F3.C5H5.2ClH.Zr/c1-2-8-15-14(7-1)13-20-18-11-4-3-9-16(18)17-10-5-6-12-19(17)21(15)20;2*8-7(9,10)6-4-2-1-3-5-6;1-2-4-5-3-1;;;/h1-10,12H,13H2;2*1-2,4-5H;1-5H;2*1H;/q4*-1;;;+4. The second-order valence-corrected chi connectivity index (χ2v) is 10.2. The molecule has 49 heavy (non-hydrogen) atoms. The fourth-order valence-corrected chi connectivity index (χ4v) is 5.19. The van der Waals surface area contributed by atoms with Gasteiger partial charge in [-0.05, 0) is 28.5 Å². The molecule has 0 spiro atoms. The summed E-state index contributed by atoms with van der Waals surface area (Å²) in [6, 6.07) is 51.4. The van der Waals surface area contributed by atoms with E-state index in [-0.39, 0.29) is 51.0 Å². The number of fused-ring (bicyclic) bond motifs is 8.